The average Bonchev–Trinajstić information content (AvgIpc) is 2.85. The van der Waals surface area contributed by atoms with E-state index in [1.165, 1.54) is 5.01 Å². The van der Waals surface area contributed by atoms with Crippen molar-refractivity contribution in [3.05, 3.63) is 57.6 Å². The minimum absolute atomic E-state index is 0.246. The van der Waals surface area contributed by atoms with Crippen molar-refractivity contribution in [2.45, 2.75) is 6.42 Å². The number of urea groups is 1. The van der Waals surface area contributed by atoms with Gasteiger partial charge >= 0.3 is 6.03 Å². The van der Waals surface area contributed by atoms with E-state index in [0.29, 0.717) is 30.2 Å². The van der Waals surface area contributed by atoms with Crippen LogP contribution in [0.25, 0.3) is 0 Å². The zero-order chi connectivity index (χ0) is 18.7. The maximum atomic E-state index is 12.2. The zero-order valence-corrected chi connectivity index (χ0v) is 16.5. The number of amides is 2. The summed E-state index contributed by atoms with van der Waals surface area (Å²) in [6.45, 7) is 0.472. The Bertz CT molecular complexity index is 867. The van der Waals surface area contributed by atoms with Crippen molar-refractivity contribution < 1.29 is 14.3 Å². The quantitative estimate of drug-likeness (QED) is 0.831. The van der Waals surface area contributed by atoms with Gasteiger partial charge in [0, 0.05) is 22.6 Å². The van der Waals surface area contributed by atoms with Crippen molar-refractivity contribution >= 4 is 27.7 Å². The van der Waals surface area contributed by atoms with Gasteiger partial charge in [-0.05, 0) is 36.2 Å². The molecule has 0 fully saturated rings. The second kappa shape index (κ2) is 7.78. The van der Waals surface area contributed by atoms with Gasteiger partial charge in [0.05, 0.1) is 26.5 Å². The summed E-state index contributed by atoms with van der Waals surface area (Å²) in [7, 11) is 4.81. The number of ether oxygens (including phenoxy) is 2. The van der Waals surface area contributed by atoms with Gasteiger partial charge in [-0.25, -0.2) is 9.80 Å². The largest absolute Gasteiger partial charge is 0.493 e. The van der Waals surface area contributed by atoms with E-state index in [0.717, 1.165) is 21.2 Å². The van der Waals surface area contributed by atoms with Crippen LogP contribution >= 0.6 is 15.9 Å². The van der Waals surface area contributed by atoms with Gasteiger partial charge in [-0.2, -0.15) is 5.10 Å². The molecular weight excluding hydrogens is 398 g/mol. The molecule has 2 amide bonds. The summed E-state index contributed by atoms with van der Waals surface area (Å²) in [6, 6.07) is 11.5. The first-order valence-electron chi connectivity index (χ1n) is 8.16. The number of benzene rings is 2. The molecule has 0 bridgehead atoms. The van der Waals surface area contributed by atoms with Crippen LogP contribution in [0, 0.1) is 0 Å². The first kappa shape index (κ1) is 18.3. The Morgan fingerprint density at radius 3 is 2.58 bits per heavy atom. The molecule has 2 aromatic rings. The second-order valence-corrected chi connectivity index (χ2v) is 6.67. The Morgan fingerprint density at radius 1 is 1.19 bits per heavy atom. The molecule has 1 aliphatic rings. The van der Waals surface area contributed by atoms with Gasteiger partial charge in [0.2, 0.25) is 0 Å². The molecule has 0 aliphatic carbocycles. The summed E-state index contributed by atoms with van der Waals surface area (Å²) in [4.78, 5) is 12.2. The number of carbonyl (C=O) groups is 1. The third-order valence-electron chi connectivity index (χ3n) is 4.22. The summed E-state index contributed by atoms with van der Waals surface area (Å²) in [5.41, 5.74) is 3.59. The molecule has 3 rings (SSSR count). The van der Waals surface area contributed by atoms with E-state index in [1.54, 1.807) is 21.3 Å². The normalized spacial score (nSPS) is 13.4. The molecule has 1 aliphatic heterocycles. The van der Waals surface area contributed by atoms with Gasteiger partial charge in [0.1, 0.15) is 0 Å². The molecule has 0 spiro atoms. The second-order valence-electron chi connectivity index (χ2n) is 5.75. The summed E-state index contributed by atoms with van der Waals surface area (Å²) < 4.78 is 11.8. The van der Waals surface area contributed by atoms with Gasteiger partial charge < -0.3 is 14.8 Å². The molecule has 1 heterocycles. The van der Waals surface area contributed by atoms with Crippen LogP contribution in [-0.2, 0) is 6.42 Å². The molecule has 26 heavy (non-hydrogen) atoms. The van der Waals surface area contributed by atoms with E-state index in [2.05, 4.69) is 26.3 Å². The lowest BCUT2D eigenvalue weighted by molar-refractivity contribution is 0.203. The smallest absolute Gasteiger partial charge is 0.337 e. The number of hydrazone groups is 1. The van der Waals surface area contributed by atoms with Gasteiger partial charge in [-0.15, -0.1) is 0 Å². The average molecular weight is 418 g/mol. The van der Waals surface area contributed by atoms with Gasteiger partial charge in [0.25, 0.3) is 0 Å². The number of rotatable bonds is 3. The van der Waals surface area contributed by atoms with Crippen LogP contribution in [-0.4, -0.2) is 44.6 Å². The molecule has 1 N–H and O–H groups in total. The van der Waals surface area contributed by atoms with E-state index in [9.17, 15) is 4.79 Å². The molecule has 0 saturated carbocycles. The molecule has 6 nitrogen and oxygen atoms in total. The molecular formula is C19H20BrN3O3. The lowest BCUT2D eigenvalue weighted by Gasteiger charge is -2.16. The van der Waals surface area contributed by atoms with Crippen molar-refractivity contribution in [2.24, 2.45) is 5.10 Å². The van der Waals surface area contributed by atoms with Crippen molar-refractivity contribution in [1.29, 1.82) is 0 Å². The molecule has 0 aromatic heterocycles. The van der Waals surface area contributed by atoms with Gasteiger partial charge in [-0.3, -0.25) is 0 Å². The monoisotopic (exact) mass is 417 g/mol. The number of nitrogens with zero attached hydrogens (tertiary/aromatic N) is 2. The SMILES string of the molecule is CNC(=O)N1CCc2cc(OC)c(OC)cc2C(c2cccc(Br)c2)=N1. The highest BCUT2D eigenvalue weighted by molar-refractivity contribution is 9.10. The topological polar surface area (TPSA) is 63.2 Å². The molecule has 2 aromatic carbocycles. The lowest BCUT2D eigenvalue weighted by Crippen LogP contribution is -2.35. The predicted molar refractivity (Wildman–Crippen MR) is 104 cm³/mol. The fourth-order valence-corrected chi connectivity index (χ4v) is 3.32. The fraction of sp³-hybridized carbons (Fsp3) is 0.263. The van der Waals surface area contributed by atoms with Crippen molar-refractivity contribution in [3.8, 4) is 11.5 Å². The molecule has 0 radical (unpaired) electrons. The van der Waals surface area contributed by atoms with Crippen LogP contribution in [0.4, 0.5) is 4.79 Å². The van der Waals surface area contributed by atoms with E-state index in [-0.39, 0.29) is 6.03 Å². The van der Waals surface area contributed by atoms with Crippen LogP contribution in [0.2, 0.25) is 0 Å². The van der Waals surface area contributed by atoms with Crippen molar-refractivity contribution in [2.75, 3.05) is 27.8 Å². The summed E-state index contributed by atoms with van der Waals surface area (Å²) >= 11 is 3.50. The van der Waals surface area contributed by atoms with Crippen LogP contribution in [0.5, 0.6) is 11.5 Å². The molecule has 0 atom stereocenters. The number of hydrogen-bond donors (Lipinski definition) is 1. The highest BCUT2D eigenvalue weighted by atomic mass is 79.9. The summed E-state index contributed by atoms with van der Waals surface area (Å²) in [5, 5.41) is 8.74. The van der Waals surface area contributed by atoms with Crippen LogP contribution in [0.3, 0.4) is 0 Å². The van der Waals surface area contributed by atoms with Crippen LogP contribution in [0.15, 0.2) is 46.0 Å². The summed E-state index contributed by atoms with van der Waals surface area (Å²) in [5.74, 6) is 1.29. The molecule has 0 unspecified atom stereocenters. The van der Waals surface area contributed by atoms with E-state index in [1.807, 2.05) is 36.4 Å². The Morgan fingerprint density at radius 2 is 1.92 bits per heavy atom. The number of carbonyl (C=O) groups excluding carboxylic acids is 1. The maximum absolute atomic E-state index is 12.2. The molecule has 0 saturated heterocycles. The number of fused-ring (bicyclic) bond motifs is 1. The zero-order valence-electron chi connectivity index (χ0n) is 14.9. The Balaban J connectivity index is 2.21. The van der Waals surface area contributed by atoms with E-state index >= 15 is 0 Å². The van der Waals surface area contributed by atoms with Gasteiger partial charge in [-0.1, -0.05) is 28.1 Å². The first-order chi connectivity index (χ1) is 12.6. The van der Waals surface area contributed by atoms with E-state index in [4.69, 9.17) is 9.47 Å². The van der Waals surface area contributed by atoms with Crippen LogP contribution < -0.4 is 14.8 Å². The highest BCUT2D eigenvalue weighted by Gasteiger charge is 2.23. The first-order valence-corrected chi connectivity index (χ1v) is 8.95. The summed E-state index contributed by atoms with van der Waals surface area (Å²) in [6.07, 6.45) is 0.657. The van der Waals surface area contributed by atoms with Crippen LogP contribution in [0.1, 0.15) is 16.7 Å². The number of halogens is 1. The predicted octanol–water partition coefficient (Wildman–Crippen LogP) is 3.42. The van der Waals surface area contributed by atoms with E-state index < -0.39 is 0 Å². The molecule has 7 heteroatoms. The fourth-order valence-electron chi connectivity index (χ4n) is 2.92. The third-order valence-corrected chi connectivity index (χ3v) is 4.72. The van der Waals surface area contributed by atoms with Crippen molar-refractivity contribution in [3.63, 3.8) is 0 Å². The Labute approximate surface area is 160 Å². The Kier molecular flexibility index (Phi) is 5.46. The number of hydrogen-bond acceptors (Lipinski definition) is 4. The third kappa shape index (κ3) is 3.53. The minimum Gasteiger partial charge on any atom is -0.493 e. The Hall–Kier alpha value is -2.54. The van der Waals surface area contributed by atoms with Gasteiger partial charge in [0.15, 0.2) is 11.5 Å². The maximum Gasteiger partial charge on any atom is 0.337 e. The minimum atomic E-state index is -0.246. The van der Waals surface area contributed by atoms with Crippen molar-refractivity contribution in [1.82, 2.24) is 10.3 Å². The molecule has 136 valence electrons. The highest BCUT2D eigenvalue weighted by Crippen LogP contribution is 2.33. The number of methoxy groups -OCH3 is 2. The lowest BCUT2D eigenvalue weighted by atomic mass is 9.95. The standard InChI is InChI=1S/C19H20BrN3O3/c1-21-19(24)23-8-7-12-10-16(25-2)17(26-3)11-15(12)18(22-23)13-5-4-6-14(20)9-13/h4-6,9-11H,7-8H2,1-3H3,(H,21,24). The number of nitrogens with one attached hydrogen (secondary N) is 1.